The van der Waals surface area contributed by atoms with Crippen molar-refractivity contribution in [3.05, 3.63) is 0 Å². The molecular weight excluding hydrogens is 232 g/mol. The van der Waals surface area contributed by atoms with Crippen LogP contribution in [0.1, 0.15) is 66.7 Å². The van der Waals surface area contributed by atoms with Crippen LogP contribution in [0.3, 0.4) is 0 Å². The Morgan fingerprint density at radius 3 is 2.58 bits per heavy atom. The predicted molar refractivity (Wildman–Crippen MR) is 85.6 cm³/mol. The minimum atomic E-state index is 0.513. The molecule has 1 fully saturated rings. The fourth-order valence-corrected chi connectivity index (χ4v) is 3.34. The summed E-state index contributed by atoms with van der Waals surface area (Å²) in [6.07, 6.45) is 6.56. The average Bonchev–Trinajstić information content (AvgIpc) is 2.36. The number of nitrogens with one attached hydrogen (secondary N) is 1. The maximum absolute atomic E-state index is 3.79. The lowest BCUT2D eigenvalue weighted by molar-refractivity contribution is 0.0731. The molecule has 114 valence electrons. The molecule has 2 heteroatoms. The molecule has 2 nitrogen and oxygen atoms in total. The monoisotopic (exact) mass is 268 g/mol. The molecule has 1 N–H and O–H groups in total. The third-order valence-electron chi connectivity index (χ3n) is 4.88. The number of hydrogen-bond acceptors (Lipinski definition) is 2. The van der Waals surface area contributed by atoms with Crippen LogP contribution in [0.2, 0.25) is 0 Å². The highest BCUT2D eigenvalue weighted by Gasteiger charge is 2.36. The lowest BCUT2D eigenvalue weighted by atomic mass is 9.72. The molecular formula is C17H36N2. The SMILES string of the molecule is CCCNC1CCC(C)(C)CC1N(C)CC(C)CC. The van der Waals surface area contributed by atoms with E-state index < -0.39 is 0 Å². The Balaban J connectivity index is 2.64. The van der Waals surface area contributed by atoms with Crippen LogP contribution in [0.4, 0.5) is 0 Å². The van der Waals surface area contributed by atoms with E-state index in [2.05, 4.69) is 51.9 Å². The van der Waals surface area contributed by atoms with Gasteiger partial charge in [-0.15, -0.1) is 0 Å². The van der Waals surface area contributed by atoms with Crippen molar-refractivity contribution in [3.63, 3.8) is 0 Å². The van der Waals surface area contributed by atoms with Crippen LogP contribution in [-0.2, 0) is 0 Å². The Morgan fingerprint density at radius 1 is 1.32 bits per heavy atom. The number of hydrogen-bond donors (Lipinski definition) is 1. The molecule has 0 saturated heterocycles. The standard InChI is InChI=1S/C17H36N2/c1-7-11-18-15-9-10-17(4,5)12-16(15)19(6)13-14(3)8-2/h14-16,18H,7-13H2,1-6H3. The van der Waals surface area contributed by atoms with Crippen LogP contribution < -0.4 is 5.32 Å². The van der Waals surface area contributed by atoms with E-state index in [-0.39, 0.29) is 0 Å². The fraction of sp³-hybridized carbons (Fsp3) is 1.00. The van der Waals surface area contributed by atoms with E-state index >= 15 is 0 Å². The highest BCUT2D eigenvalue weighted by Crippen LogP contribution is 2.37. The zero-order chi connectivity index (χ0) is 14.5. The summed E-state index contributed by atoms with van der Waals surface area (Å²) in [5.41, 5.74) is 0.513. The molecule has 0 heterocycles. The Hall–Kier alpha value is -0.0800. The molecule has 0 aliphatic heterocycles. The number of likely N-dealkylation sites (N-methyl/N-ethyl adjacent to an activating group) is 1. The van der Waals surface area contributed by atoms with E-state index in [0.29, 0.717) is 17.5 Å². The molecule has 1 aliphatic rings. The first-order chi connectivity index (χ1) is 8.89. The summed E-state index contributed by atoms with van der Waals surface area (Å²) in [4.78, 5) is 2.63. The van der Waals surface area contributed by atoms with Gasteiger partial charge in [0.25, 0.3) is 0 Å². The van der Waals surface area contributed by atoms with E-state index in [0.717, 1.165) is 5.92 Å². The number of rotatable bonds is 7. The maximum Gasteiger partial charge on any atom is 0.0251 e. The molecule has 3 unspecified atom stereocenters. The van der Waals surface area contributed by atoms with Crippen LogP contribution in [0.5, 0.6) is 0 Å². The highest BCUT2D eigenvalue weighted by molar-refractivity contribution is 4.93. The van der Waals surface area contributed by atoms with Crippen molar-refractivity contribution in [1.82, 2.24) is 10.2 Å². The summed E-state index contributed by atoms with van der Waals surface area (Å²) in [6.45, 7) is 14.2. The Bertz CT molecular complexity index is 250. The van der Waals surface area contributed by atoms with Gasteiger partial charge in [0, 0.05) is 18.6 Å². The zero-order valence-electron chi connectivity index (χ0n) is 14.1. The molecule has 0 amide bonds. The smallest absolute Gasteiger partial charge is 0.0251 e. The van der Waals surface area contributed by atoms with Gasteiger partial charge in [-0.3, -0.25) is 0 Å². The molecule has 0 bridgehead atoms. The predicted octanol–water partition coefficient (Wildman–Crippen LogP) is 3.91. The first kappa shape index (κ1) is 17.0. The molecule has 1 saturated carbocycles. The third-order valence-corrected chi connectivity index (χ3v) is 4.88. The molecule has 3 atom stereocenters. The molecule has 0 aromatic rings. The second-order valence-electron chi connectivity index (χ2n) is 7.49. The summed E-state index contributed by atoms with van der Waals surface area (Å²) in [5.74, 6) is 0.807. The van der Waals surface area contributed by atoms with Crippen molar-refractivity contribution >= 4 is 0 Å². The normalized spacial score (nSPS) is 28.6. The van der Waals surface area contributed by atoms with Gasteiger partial charge in [-0.1, -0.05) is 41.0 Å². The van der Waals surface area contributed by atoms with Crippen molar-refractivity contribution in [2.24, 2.45) is 11.3 Å². The molecule has 0 aromatic heterocycles. The molecule has 1 rings (SSSR count). The van der Waals surface area contributed by atoms with E-state index in [9.17, 15) is 0 Å². The van der Waals surface area contributed by atoms with Gasteiger partial charge >= 0.3 is 0 Å². The molecule has 1 aliphatic carbocycles. The van der Waals surface area contributed by atoms with Crippen LogP contribution in [-0.4, -0.2) is 37.1 Å². The fourth-order valence-electron chi connectivity index (χ4n) is 3.34. The molecule has 0 aromatic carbocycles. The Labute approximate surface area is 121 Å². The van der Waals surface area contributed by atoms with Gasteiger partial charge in [0.2, 0.25) is 0 Å². The summed E-state index contributed by atoms with van der Waals surface area (Å²) in [6, 6.07) is 1.41. The van der Waals surface area contributed by atoms with Crippen molar-refractivity contribution in [2.75, 3.05) is 20.1 Å². The first-order valence-corrected chi connectivity index (χ1v) is 8.33. The second-order valence-corrected chi connectivity index (χ2v) is 7.49. The molecule has 19 heavy (non-hydrogen) atoms. The maximum atomic E-state index is 3.79. The van der Waals surface area contributed by atoms with Crippen molar-refractivity contribution in [1.29, 1.82) is 0 Å². The zero-order valence-corrected chi connectivity index (χ0v) is 14.1. The van der Waals surface area contributed by atoms with Crippen LogP contribution in [0, 0.1) is 11.3 Å². The second kappa shape index (κ2) is 7.64. The van der Waals surface area contributed by atoms with Crippen molar-refractivity contribution in [2.45, 2.75) is 78.8 Å². The van der Waals surface area contributed by atoms with Gasteiger partial charge in [-0.25, -0.2) is 0 Å². The topological polar surface area (TPSA) is 15.3 Å². The lowest BCUT2D eigenvalue weighted by Gasteiger charge is -2.45. The van der Waals surface area contributed by atoms with Crippen LogP contribution in [0.25, 0.3) is 0 Å². The summed E-state index contributed by atoms with van der Waals surface area (Å²) in [5, 5.41) is 3.79. The number of nitrogens with zero attached hydrogens (tertiary/aromatic N) is 1. The van der Waals surface area contributed by atoms with Gasteiger partial charge in [-0.05, 0) is 50.6 Å². The lowest BCUT2D eigenvalue weighted by Crippen LogP contribution is -2.54. The first-order valence-electron chi connectivity index (χ1n) is 8.33. The third kappa shape index (κ3) is 5.43. The Kier molecular flexibility index (Phi) is 6.82. The molecule has 0 spiro atoms. The van der Waals surface area contributed by atoms with E-state index in [1.54, 1.807) is 0 Å². The van der Waals surface area contributed by atoms with E-state index in [1.807, 2.05) is 0 Å². The van der Waals surface area contributed by atoms with Crippen molar-refractivity contribution < 1.29 is 0 Å². The Morgan fingerprint density at radius 2 is 2.00 bits per heavy atom. The van der Waals surface area contributed by atoms with Gasteiger partial charge in [-0.2, -0.15) is 0 Å². The van der Waals surface area contributed by atoms with Gasteiger partial charge in [0.15, 0.2) is 0 Å². The quantitative estimate of drug-likeness (QED) is 0.753. The van der Waals surface area contributed by atoms with Gasteiger partial charge < -0.3 is 10.2 Å². The van der Waals surface area contributed by atoms with Gasteiger partial charge in [0.05, 0.1) is 0 Å². The average molecular weight is 268 g/mol. The minimum absolute atomic E-state index is 0.513. The van der Waals surface area contributed by atoms with Crippen LogP contribution >= 0.6 is 0 Å². The van der Waals surface area contributed by atoms with Gasteiger partial charge in [0.1, 0.15) is 0 Å². The van der Waals surface area contributed by atoms with E-state index in [4.69, 9.17) is 0 Å². The van der Waals surface area contributed by atoms with E-state index in [1.165, 1.54) is 45.2 Å². The minimum Gasteiger partial charge on any atom is -0.312 e. The highest BCUT2D eigenvalue weighted by atomic mass is 15.2. The largest absolute Gasteiger partial charge is 0.312 e. The van der Waals surface area contributed by atoms with Crippen molar-refractivity contribution in [3.8, 4) is 0 Å². The summed E-state index contributed by atoms with van der Waals surface area (Å²) >= 11 is 0. The van der Waals surface area contributed by atoms with Crippen LogP contribution in [0.15, 0.2) is 0 Å². The molecule has 0 radical (unpaired) electrons. The summed E-state index contributed by atoms with van der Waals surface area (Å²) < 4.78 is 0. The summed E-state index contributed by atoms with van der Waals surface area (Å²) in [7, 11) is 2.33.